The van der Waals surface area contributed by atoms with E-state index in [1.54, 1.807) is 0 Å². The smallest absolute Gasteiger partial charge is 0.315 e. The number of likely N-dealkylation sites (tertiary alicyclic amines) is 1. The van der Waals surface area contributed by atoms with Crippen LogP contribution in [-0.2, 0) is 0 Å². The third-order valence-electron chi connectivity index (χ3n) is 5.87. The summed E-state index contributed by atoms with van der Waals surface area (Å²) in [5.74, 6) is 1.71. The number of nitrogens with one attached hydrogen (secondary N) is 2. The van der Waals surface area contributed by atoms with E-state index in [2.05, 4.69) is 20.4 Å². The molecule has 4 aliphatic rings. The van der Waals surface area contributed by atoms with Gasteiger partial charge in [0.1, 0.15) is 0 Å². The van der Waals surface area contributed by atoms with Crippen LogP contribution in [0.3, 0.4) is 0 Å². The van der Waals surface area contributed by atoms with Crippen LogP contribution < -0.4 is 10.6 Å². The number of piperidine rings is 4. The lowest BCUT2D eigenvalue weighted by atomic mass is 9.75. The highest BCUT2D eigenvalue weighted by Gasteiger charge is 2.40. The maximum atomic E-state index is 11.8. The van der Waals surface area contributed by atoms with Gasteiger partial charge < -0.3 is 15.5 Å². The molecule has 5 nitrogen and oxygen atoms in total. The Morgan fingerprint density at radius 2 is 1.96 bits per heavy atom. The molecule has 4 atom stereocenters. The van der Waals surface area contributed by atoms with Crippen LogP contribution in [-0.4, -0.2) is 67.2 Å². The van der Waals surface area contributed by atoms with Crippen molar-refractivity contribution in [2.24, 2.45) is 11.8 Å². The molecule has 0 radical (unpaired) electrons. The lowest BCUT2D eigenvalue weighted by Crippen LogP contribution is -2.59. The Morgan fingerprint density at radius 3 is 2.61 bits per heavy atom. The summed E-state index contributed by atoms with van der Waals surface area (Å²) in [6.07, 6.45) is 6.81. The molecule has 2 N–H and O–H groups in total. The monoisotopic (exact) mass is 322 g/mol. The minimum Gasteiger partial charge on any atom is -0.337 e. The molecular formula is C18H34N4O. The van der Waals surface area contributed by atoms with E-state index < -0.39 is 0 Å². The number of carbonyl (C=O) groups excluding carboxylic acids is 1. The van der Waals surface area contributed by atoms with Gasteiger partial charge in [0.2, 0.25) is 0 Å². The van der Waals surface area contributed by atoms with Crippen molar-refractivity contribution in [2.45, 2.75) is 58.0 Å². The van der Waals surface area contributed by atoms with Gasteiger partial charge in [-0.3, -0.25) is 4.90 Å². The number of hydrogen-bond donors (Lipinski definition) is 2. The number of nitrogens with zero attached hydrogens (tertiary/aromatic N) is 2. The van der Waals surface area contributed by atoms with Crippen molar-refractivity contribution in [3.63, 3.8) is 0 Å². The van der Waals surface area contributed by atoms with Crippen LogP contribution in [0, 0.1) is 11.8 Å². The molecule has 4 saturated heterocycles. The SMILES string of the molecule is CC(C)NC(=O)NCC1CC2CCN1CC2CN1CCCCC1. The lowest BCUT2D eigenvalue weighted by molar-refractivity contribution is -0.0129. The maximum Gasteiger partial charge on any atom is 0.315 e. The van der Waals surface area contributed by atoms with Gasteiger partial charge in [-0.2, -0.15) is 0 Å². The quantitative estimate of drug-likeness (QED) is 0.813. The van der Waals surface area contributed by atoms with Gasteiger partial charge in [0, 0.05) is 31.7 Å². The Morgan fingerprint density at radius 1 is 1.17 bits per heavy atom. The minimum absolute atomic E-state index is 0.0208. The van der Waals surface area contributed by atoms with Crippen LogP contribution in [0.4, 0.5) is 4.79 Å². The molecule has 0 aliphatic carbocycles. The topological polar surface area (TPSA) is 47.6 Å². The Hall–Kier alpha value is -0.810. The van der Waals surface area contributed by atoms with E-state index in [1.165, 1.54) is 64.8 Å². The normalized spacial score (nSPS) is 34.6. The minimum atomic E-state index is -0.0208. The molecule has 132 valence electrons. The Labute approximate surface area is 141 Å². The zero-order chi connectivity index (χ0) is 16.2. The molecule has 0 saturated carbocycles. The van der Waals surface area contributed by atoms with Gasteiger partial charge in [0.15, 0.2) is 0 Å². The van der Waals surface area contributed by atoms with Crippen LogP contribution in [0.2, 0.25) is 0 Å². The van der Waals surface area contributed by atoms with Gasteiger partial charge in [-0.25, -0.2) is 4.79 Å². The van der Waals surface area contributed by atoms with Crippen molar-refractivity contribution < 1.29 is 4.79 Å². The summed E-state index contributed by atoms with van der Waals surface area (Å²) in [7, 11) is 0. The predicted molar refractivity (Wildman–Crippen MR) is 93.5 cm³/mol. The second kappa shape index (κ2) is 7.84. The van der Waals surface area contributed by atoms with Crippen molar-refractivity contribution in [1.29, 1.82) is 0 Å². The molecule has 4 rings (SSSR count). The molecular weight excluding hydrogens is 288 g/mol. The largest absolute Gasteiger partial charge is 0.337 e. The fourth-order valence-electron chi connectivity index (χ4n) is 4.67. The number of rotatable bonds is 5. The average molecular weight is 322 g/mol. The molecule has 5 heteroatoms. The zero-order valence-electron chi connectivity index (χ0n) is 14.9. The van der Waals surface area contributed by atoms with Crippen molar-refractivity contribution >= 4 is 6.03 Å². The summed E-state index contributed by atoms with van der Waals surface area (Å²) in [6, 6.07) is 0.726. The molecule has 0 spiro atoms. The summed E-state index contributed by atoms with van der Waals surface area (Å²) in [5.41, 5.74) is 0. The third kappa shape index (κ3) is 4.60. The van der Waals surface area contributed by atoms with Gasteiger partial charge >= 0.3 is 6.03 Å². The van der Waals surface area contributed by atoms with Gasteiger partial charge in [-0.05, 0) is 71.0 Å². The number of hydrogen-bond acceptors (Lipinski definition) is 3. The number of urea groups is 1. The molecule has 0 aromatic heterocycles. The standard InChI is InChI=1S/C18H34N4O/c1-14(2)20-18(23)19-11-17-10-15-6-9-22(17)13-16(15)12-21-7-4-3-5-8-21/h14-17H,3-13H2,1-2H3,(H2,19,20,23). The zero-order valence-corrected chi connectivity index (χ0v) is 14.9. The highest BCUT2D eigenvalue weighted by atomic mass is 16.2. The van der Waals surface area contributed by atoms with Crippen molar-refractivity contribution in [3.05, 3.63) is 0 Å². The summed E-state index contributed by atoms with van der Waals surface area (Å²) >= 11 is 0. The third-order valence-corrected chi connectivity index (χ3v) is 5.87. The van der Waals surface area contributed by atoms with Gasteiger partial charge in [-0.1, -0.05) is 6.42 Å². The van der Waals surface area contributed by atoms with E-state index in [1.807, 2.05) is 13.8 Å². The predicted octanol–water partition coefficient (Wildman–Crippen LogP) is 1.89. The van der Waals surface area contributed by atoms with E-state index >= 15 is 0 Å². The second-order valence-electron chi connectivity index (χ2n) is 8.06. The van der Waals surface area contributed by atoms with Gasteiger partial charge in [0.05, 0.1) is 0 Å². The highest BCUT2D eigenvalue weighted by Crippen LogP contribution is 2.36. The van der Waals surface area contributed by atoms with Gasteiger partial charge in [-0.15, -0.1) is 0 Å². The van der Waals surface area contributed by atoms with Gasteiger partial charge in [0.25, 0.3) is 0 Å². The molecule has 4 unspecified atom stereocenters. The molecule has 2 bridgehead atoms. The molecule has 2 amide bonds. The number of fused-ring (bicyclic) bond motifs is 3. The van der Waals surface area contributed by atoms with Crippen LogP contribution in [0.15, 0.2) is 0 Å². The molecule has 4 aliphatic heterocycles. The first kappa shape index (κ1) is 17.0. The Bertz CT molecular complexity index is 394. The van der Waals surface area contributed by atoms with Crippen molar-refractivity contribution in [3.8, 4) is 0 Å². The van der Waals surface area contributed by atoms with E-state index in [0.717, 1.165) is 18.4 Å². The second-order valence-corrected chi connectivity index (χ2v) is 8.06. The maximum absolute atomic E-state index is 11.8. The van der Waals surface area contributed by atoms with Crippen LogP contribution in [0.25, 0.3) is 0 Å². The molecule has 4 fully saturated rings. The summed E-state index contributed by atoms with van der Waals surface area (Å²) in [5, 5.41) is 5.98. The Balaban J connectivity index is 1.44. The molecule has 0 aromatic rings. The number of carbonyl (C=O) groups is 1. The summed E-state index contributed by atoms with van der Waals surface area (Å²) in [4.78, 5) is 17.1. The highest BCUT2D eigenvalue weighted by molar-refractivity contribution is 5.74. The first-order valence-corrected chi connectivity index (χ1v) is 9.62. The van der Waals surface area contributed by atoms with Crippen molar-refractivity contribution in [2.75, 3.05) is 39.3 Å². The average Bonchev–Trinajstić information content (AvgIpc) is 2.54. The first-order valence-electron chi connectivity index (χ1n) is 9.62. The van der Waals surface area contributed by atoms with Crippen LogP contribution >= 0.6 is 0 Å². The summed E-state index contributed by atoms with van der Waals surface area (Å²) in [6.45, 7) is 11.2. The Kier molecular flexibility index (Phi) is 5.81. The number of amides is 2. The fourth-order valence-corrected chi connectivity index (χ4v) is 4.67. The van der Waals surface area contributed by atoms with Crippen molar-refractivity contribution in [1.82, 2.24) is 20.4 Å². The lowest BCUT2D eigenvalue weighted by Gasteiger charge is -2.51. The molecule has 23 heavy (non-hydrogen) atoms. The van der Waals surface area contributed by atoms with Crippen LogP contribution in [0.5, 0.6) is 0 Å². The van der Waals surface area contributed by atoms with E-state index in [9.17, 15) is 4.79 Å². The van der Waals surface area contributed by atoms with E-state index in [0.29, 0.717) is 6.04 Å². The van der Waals surface area contributed by atoms with E-state index in [4.69, 9.17) is 0 Å². The van der Waals surface area contributed by atoms with E-state index in [-0.39, 0.29) is 12.1 Å². The first-order chi connectivity index (χ1) is 11.1. The molecule has 0 aromatic carbocycles. The fraction of sp³-hybridized carbons (Fsp3) is 0.944. The summed E-state index contributed by atoms with van der Waals surface area (Å²) < 4.78 is 0. The molecule has 4 heterocycles. The van der Waals surface area contributed by atoms with Crippen LogP contribution in [0.1, 0.15) is 46.0 Å².